The minimum Gasteiger partial charge on any atom is -0.376 e. The first-order valence-electron chi connectivity index (χ1n) is 6.61. The van der Waals surface area contributed by atoms with Gasteiger partial charge < -0.3 is 11.1 Å². The van der Waals surface area contributed by atoms with Gasteiger partial charge in [-0.25, -0.2) is 4.39 Å². The van der Waals surface area contributed by atoms with Crippen molar-refractivity contribution in [1.29, 1.82) is 0 Å². The van der Waals surface area contributed by atoms with Crippen molar-refractivity contribution in [2.75, 3.05) is 5.32 Å². The quantitative estimate of drug-likeness (QED) is 0.670. The van der Waals surface area contributed by atoms with Crippen molar-refractivity contribution in [3.8, 4) is 0 Å². The summed E-state index contributed by atoms with van der Waals surface area (Å²) in [5.74, 6) is -0.637. The topological polar surface area (TPSA) is 81.2 Å². The number of non-ortho nitro benzene ring substituents is 1. The molecule has 0 bridgehead atoms. The van der Waals surface area contributed by atoms with Gasteiger partial charge in [0, 0.05) is 12.1 Å². The average molecular weight is 287 g/mol. The van der Waals surface area contributed by atoms with Crippen LogP contribution < -0.4 is 11.1 Å². The standard InChI is InChI=1S/C15H14FN3O2/c16-12-7-9(19(20)21)5-6-14(12)18-15-8-13(17)10-3-1-2-4-11(10)15/h1-7,13,15,18H,8,17H2. The van der Waals surface area contributed by atoms with Crippen LogP contribution in [0.1, 0.15) is 29.6 Å². The van der Waals surface area contributed by atoms with Crippen LogP contribution in [-0.2, 0) is 0 Å². The minimum atomic E-state index is -0.637. The second-order valence-electron chi connectivity index (χ2n) is 5.09. The van der Waals surface area contributed by atoms with E-state index in [1.807, 2.05) is 24.3 Å². The third-order valence-electron chi connectivity index (χ3n) is 3.75. The molecule has 0 saturated heterocycles. The lowest BCUT2D eigenvalue weighted by Gasteiger charge is -2.16. The number of nitro benzene ring substituents is 1. The van der Waals surface area contributed by atoms with E-state index < -0.39 is 10.7 Å². The zero-order chi connectivity index (χ0) is 15.0. The van der Waals surface area contributed by atoms with E-state index in [1.54, 1.807) is 0 Å². The minimum absolute atomic E-state index is 0.0835. The van der Waals surface area contributed by atoms with E-state index in [1.165, 1.54) is 12.1 Å². The molecular weight excluding hydrogens is 273 g/mol. The van der Waals surface area contributed by atoms with E-state index >= 15 is 0 Å². The maximum absolute atomic E-state index is 13.9. The molecule has 2 aromatic carbocycles. The molecule has 0 heterocycles. The van der Waals surface area contributed by atoms with Crippen LogP contribution in [0.3, 0.4) is 0 Å². The number of nitrogens with one attached hydrogen (secondary N) is 1. The molecule has 2 unspecified atom stereocenters. The molecule has 0 amide bonds. The Kier molecular flexibility index (Phi) is 3.31. The fraction of sp³-hybridized carbons (Fsp3) is 0.200. The van der Waals surface area contributed by atoms with Crippen LogP contribution >= 0.6 is 0 Å². The molecule has 0 aliphatic heterocycles. The van der Waals surface area contributed by atoms with Gasteiger partial charge in [0.25, 0.3) is 5.69 Å². The highest BCUT2D eigenvalue weighted by Gasteiger charge is 2.28. The van der Waals surface area contributed by atoms with Gasteiger partial charge in [0.05, 0.1) is 22.7 Å². The lowest BCUT2D eigenvalue weighted by atomic mass is 10.1. The highest BCUT2D eigenvalue weighted by Crippen LogP contribution is 2.39. The SMILES string of the molecule is NC1CC(Nc2ccc([N+](=O)[O-])cc2F)c2ccccc21. The first-order chi connectivity index (χ1) is 10.1. The molecule has 3 N–H and O–H groups in total. The molecule has 1 aliphatic rings. The van der Waals surface area contributed by atoms with Gasteiger partial charge in [-0.15, -0.1) is 0 Å². The summed E-state index contributed by atoms with van der Waals surface area (Å²) < 4.78 is 13.9. The third-order valence-corrected chi connectivity index (χ3v) is 3.75. The van der Waals surface area contributed by atoms with Crippen molar-refractivity contribution in [3.63, 3.8) is 0 Å². The van der Waals surface area contributed by atoms with Crippen molar-refractivity contribution >= 4 is 11.4 Å². The average Bonchev–Trinajstić information content (AvgIpc) is 2.78. The maximum atomic E-state index is 13.9. The molecule has 21 heavy (non-hydrogen) atoms. The first kappa shape index (κ1) is 13.5. The zero-order valence-corrected chi connectivity index (χ0v) is 11.1. The Labute approximate surface area is 120 Å². The number of nitrogens with zero attached hydrogens (tertiary/aromatic N) is 1. The molecule has 0 fully saturated rings. The van der Waals surface area contributed by atoms with Gasteiger partial charge in [0.2, 0.25) is 0 Å². The Morgan fingerprint density at radius 1 is 1.24 bits per heavy atom. The largest absolute Gasteiger partial charge is 0.376 e. The Morgan fingerprint density at radius 3 is 2.62 bits per heavy atom. The Hall–Kier alpha value is -2.47. The molecule has 0 aromatic heterocycles. The summed E-state index contributed by atoms with van der Waals surface area (Å²) >= 11 is 0. The van der Waals surface area contributed by atoms with Gasteiger partial charge in [0.15, 0.2) is 5.82 Å². The summed E-state index contributed by atoms with van der Waals surface area (Å²) in [6.07, 6.45) is 0.662. The Morgan fingerprint density at radius 2 is 1.95 bits per heavy atom. The number of rotatable bonds is 3. The predicted molar refractivity (Wildman–Crippen MR) is 77.4 cm³/mol. The summed E-state index contributed by atoms with van der Waals surface area (Å²) in [6, 6.07) is 11.2. The number of hydrogen-bond donors (Lipinski definition) is 2. The van der Waals surface area contributed by atoms with Gasteiger partial charge in [-0.3, -0.25) is 10.1 Å². The summed E-state index contributed by atoms with van der Waals surface area (Å²) in [5, 5.41) is 13.7. The third kappa shape index (κ3) is 2.45. The van der Waals surface area contributed by atoms with Crippen LogP contribution in [0.2, 0.25) is 0 Å². The number of nitrogens with two attached hydrogens (primary N) is 1. The molecule has 0 saturated carbocycles. The Bertz CT molecular complexity index is 705. The van der Waals surface area contributed by atoms with E-state index in [9.17, 15) is 14.5 Å². The van der Waals surface area contributed by atoms with Crippen LogP contribution in [0.5, 0.6) is 0 Å². The molecule has 3 rings (SSSR count). The highest BCUT2D eigenvalue weighted by molar-refractivity contribution is 5.53. The molecule has 2 aromatic rings. The molecule has 1 aliphatic carbocycles. The summed E-state index contributed by atoms with van der Waals surface area (Å²) in [6.45, 7) is 0. The van der Waals surface area contributed by atoms with E-state index in [0.29, 0.717) is 6.42 Å². The van der Waals surface area contributed by atoms with Crippen molar-refractivity contribution in [3.05, 3.63) is 69.5 Å². The van der Waals surface area contributed by atoms with Crippen LogP contribution in [0, 0.1) is 15.9 Å². The normalized spacial score (nSPS) is 20.1. The first-order valence-corrected chi connectivity index (χ1v) is 6.61. The fourth-order valence-electron chi connectivity index (χ4n) is 2.73. The van der Waals surface area contributed by atoms with Gasteiger partial charge in [-0.05, 0) is 23.6 Å². The number of fused-ring (bicyclic) bond motifs is 1. The van der Waals surface area contributed by atoms with Crippen LogP contribution in [-0.4, -0.2) is 4.92 Å². The lowest BCUT2D eigenvalue weighted by Crippen LogP contribution is -2.11. The van der Waals surface area contributed by atoms with Crippen molar-refractivity contribution in [2.24, 2.45) is 5.73 Å². The summed E-state index contributed by atoms with van der Waals surface area (Å²) in [5.41, 5.74) is 8.15. The monoisotopic (exact) mass is 287 g/mol. The molecule has 0 radical (unpaired) electrons. The van der Waals surface area contributed by atoms with Crippen molar-refractivity contribution < 1.29 is 9.31 Å². The molecule has 108 valence electrons. The second kappa shape index (κ2) is 5.14. The van der Waals surface area contributed by atoms with Crippen molar-refractivity contribution in [2.45, 2.75) is 18.5 Å². The van der Waals surface area contributed by atoms with Crippen molar-refractivity contribution in [1.82, 2.24) is 0 Å². The van der Waals surface area contributed by atoms with Crippen LogP contribution in [0.25, 0.3) is 0 Å². The molecular formula is C15H14FN3O2. The van der Waals surface area contributed by atoms with Gasteiger partial charge in [-0.1, -0.05) is 24.3 Å². The maximum Gasteiger partial charge on any atom is 0.272 e. The lowest BCUT2D eigenvalue weighted by molar-refractivity contribution is -0.385. The van der Waals surface area contributed by atoms with Crippen LogP contribution in [0.15, 0.2) is 42.5 Å². The number of benzene rings is 2. The second-order valence-corrected chi connectivity index (χ2v) is 5.09. The smallest absolute Gasteiger partial charge is 0.272 e. The molecule has 0 spiro atoms. The fourth-order valence-corrected chi connectivity index (χ4v) is 2.73. The zero-order valence-electron chi connectivity index (χ0n) is 11.1. The number of halogens is 1. The summed E-state index contributed by atoms with van der Waals surface area (Å²) in [7, 11) is 0. The predicted octanol–water partition coefficient (Wildman–Crippen LogP) is 3.29. The van der Waals surface area contributed by atoms with Gasteiger partial charge >= 0.3 is 0 Å². The number of hydrogen-bond acceptors (Lipinski definition) is 4. The summed E-state index contributed by atoms with van der Waals surface area (Å²) in [4.78, 5) is 10.0. The molecule has 6 heteroatoms. The highest BCUT2D eigenvalue weighted by atomic mass is 19.1. The molecule has 2 atom stereocenters. The van der Waals surface area contributed by atoms with Gasteiger partial charge in [0.1, 0.15) is 0 Å². The van der Waals surface area contributed by atoms with E-state index in [4.69, 9.17) is 5.73 Å². The number of anilines is 1. The van der Waals surface area contributed by atoms with E-state index in [-0.39, 0.29) is 23.5 Å². The molecule has 5 nitrogen and oxygen atoms in total. The number of nitro groups is 1. The van der Waals surface area contributed by atoms with Crippen LogP contribution in [0.4, 0.5) is 15.8 Å². The Balaban J connectivity index is 1.87. The van der Waals surface area contributed by atoms with E-state index in [2.05, 4.69) is 5.32 Å². The van der Waals surface area contributed by atoms with E-state index in [0.717, 1.165) is 17.2 Å². The van der Waals surface area contributed by atoms with Gasteiger partial charge in [-0.2, -0.15) is 0 Å².